The maximum absolute atomic E-state index is 11.8. The van der Waals surface area contributed by atoms with Gasteiger partial charge in [-0.25, -0.2) is 14.8 Å². The van der Waals surface area contributed by atoms with E-state index < -0.39 is 5.63 Å². The molecule has 0 aliphatic heterocycles. The fourth-order valence-electron chi connectivity index (χ4n) is 1.88. The van der Waals surface area contributed by atoms with Gasteiger partial charge in [0.05, 0.1) is 11.2 Å². The Morgan fingerprint density at radius 1 is 1.41 bits per heavy atom. The molecule has 5 heteroatoms. The molecule has 0 bridgehead atoms. The maximum atomic E-state index is 11.8. The van der Waals surface area contributed by atoms with Crippen LogP contribution in [0.5, 0.6) is 0 Å². The van der Waals surface area contributed by atoms with Crippen molar-refractivity contribution < 1.29 is 4.42 Å². The van der Waals surface area contributed by atoms with Crippen LogP contribution in [0.25, 0.3) is 21.9 Å². The molecule has 0 atom stereocenters. The molecule has 0 spiro atoms. The molecule has 0 saturated heterocycles. The lowest BCUT2D eigenvalue weighted by molar-refractivity contribution is 0.488. The van der Waals surface area contributed by atoms with Gasteiger partial charge in [-0.2, -0.15) is 0 Å². The van der Waals surface area contributed by atoms with Crippen LogP contribution < -0.4 is 11.4 Å². The zero-order valence-corrected chi connectivity index (χ0v) is 9.10. The van der Waals surface area contributed by atoms with Crippen LogP contribution in [0.15, 0.2) is 33.6 Å². The van der Waals surface area contributed by atoms with Gasteiger partial charge < -0.3 is 10.2 Å². The van der Waals surface area contributed by atoms with Crippen molar-refractivity contribution in [3.63, 3.8) is 0 Å². The van der Waals surface area contributed by atoms with E-state index in [2.05, 4.69) is 9.97 Å². The number of pyridine rings is 2. The first-order valence-corrected chi connectivity index (χ1v) is 5.11. The van der Waals surface area contributed by atoms with E-state index in [0.717, 1.165) is 0 Å². The van der Waals surface area contributed by atoms with Crippen molar-refractivity contribution in [3.8, 4) is 0 Å². The molecule has 0 fully saturated rings. The van der Waals surface area contributed by atoms with Gasteiger partial charge in [-0.3, -0.25) is 0 Å². The number of anilines is 1. The largest absolute Gasteiger partial charge is 0.428 e. The topological polar surface area (TPSA) is 82.0 Å². The van der Waals surface area contributed by atoms with Gasteiger partial charge in [0, 0.05) is 17.6 Å². The highest BCUT2D eigenvalue weighted by Gasteiger charge is 2.11. The van der Waals surface area contributed by atoms with E-state index >= 15 is 0 Å². The van der Waals surface area contributed by atoms with Gasteiger partial charge in [-0.15, -0.1) is 0 Å². The molecule has 17 heavy (non-hydrogen) atoms. The number of aryl methyl sites for hydroxylation is 1. The Balaban J connectivity index is 2.64. The lowest BCUT2D eigenvalue weighted by atomic mass is 10.1. The SMILES string of the molecule is Cc1cc2nc3ncccc3c(N)c2c(=O)o1. The van der Waals surface area contributed by atoms with Crippen LogP contribution in [0.2, 0.25) is 0 Å². The molecule has 0 unspecified atom stereocenters. The fourth-order valence-corrected chi connectivity index (χ4v) is 1.88. The second kappa shape index (κ2) is 3.28. The quantitative estimate of drug-likeness (QED) is 0.590. The summed E-state index contributed by atoms with van der Waals surface area (Å²) in [7, 11) is 0. The van der Waals surface area contributed by atoms with Crippen LogP contribution in [0.1, 0.15) is 5.76 Å². The van der Waals surface area contributed by atoms with E-state index in [1.54, 1.807) is 31.3 Å². The lowest BCUT2D eigenvalue weighted by Crippen LogP contribution is -2.06. The zero-order chi connectivity index (χ0) is 12.0. The second-order valence-electron chi connectivity index (χ2n) is 3.80. The standard InChI is InChI=1S/C12H9N3O2/c1-6-5-8-9(12(16)17-6)10(13)7-3-2-4-14-11(7)15-8/h2-5H,1H3,(H2,13,14,15). The molecule has 3 aromatic heterocycles. The molecule has 3 heterocycles. The van der Waals surface area contributed by atoms with E-state index in [4.69, 9.17) is 10.2 Å². The summed E-state index contributed by atoms with van der Waals surface area (Å²) in [5, 5.41) is 0.979. The minimum Gasteiger partial charge on any atom is -0.428 e. The Labute approximate surface area is 95.9 Å². The lowest BCUT2D eigenvalue weighted by Gasteiger charge is -2.04. The summed E-state index contributed by atoms with van der Waals surface area (Å²) in [6, 6.07) is 5.21. The van der Waals surface area contributed by atoms with Gasteiger partial charge in [-0.1, -0.05) is 0 Å². The highest BCUT2D eigenvalue weighted by molar-refractivity contribution is 6.04. The van der Waals surface area contributed by atoms with E-state index in [9.17, 15) is 4.79 Å². The Kier molecular flexibility index (Phi) is 1.89. The van der Waals surface area contributed by atoms with Crippen LogP contribution in [0.4, 0.5) is 5.69 Å². The van der Waals surface area contributed by atoms with Gasteiger partial charge in [0.2, 0.25) is 0 Å². The van der Waals surface area contributed by atoms with Crippen molar-refractivity contribution in [2.24, 2.45) is 0 Å². The third kappa shape index (κ3) is 1.36. The smallest absolute Gasteiger partial charge is 0.347 e. The number of hydrogen-bond acceptors (Lipinski definition) is 5. The van der Waals surface area contributed by atoms with Crippen LogP contribution in [-0.2, 0) is 0 Å². The highest BCUT2D eigenvalue weighted by Crippen LogP contribution is 2.24. The Hall–Kier alpha value is -2.43. The Bertz CT molecular complexity index is 793. The average molecular weight is 227 g/mol. The minimum absolute atomic E-state index is 0.316. The first kappa shape index (κ1) is 9.77. The van der Waals surface area contributed by atoms with Gasteiger partial charge in [0.1, 0.15) is 11.1 Å². The summed E-state index contributed by atoms with van der Waals surface area (Å²) < 4.78 is 5.02. The van der Waals surface area contributed by atoms with Crippen molar-refractivity contribution in [3.05, 3.63) is 40.6 Å². The molecule has 0 aliphatic carbocycles. The average Bonchev–Trinajstić information content (AvgIpc) is 2.28. The third-order valence-electron chi connectivity index (χ3n) is 2.63. The second-order valence-corrected chi connectivity index (χ2v) is 3.80. The number of nitrogens with zero attached hydrogens (tertiary/aromatic N) is 2. The molecular weight excluding hydrogens is 218 g/mol. The van der Waals surface area contributed by atoms with Crippen LogP contribution in [-0.4, -0.2) is 9.97 Å². The molecule has 2 N–H and O–H groups in total. The Morgan fingerprint density at radius 2 is 2.24 bits per heavy atom. The first-order chi connectivity index (χ1) is 8.16. The van der Waals surface area contributed by atoms with Crippen LogP contribution in [0, 0.1) is 6.92 Å². The predicted octanol–water partition coefficient (Wildman–Crippen LogP) is 1.63. The number of aromatic nitrogens is 2. The number of fused-ring (bicyclic) bond motifs is 2. The summed E-state index contributed by atoms with van der Waals surface area (Å²) >= 11 is 0. The monoisotopic (exact) mass is 227 g/mol. The molecule has 5 nitrogen and oxygen atoms in total. The number of rotatable bonds is 0. The van der Waals surface area contributed by atoms with Crippen molar-refractivity contribution in [2.75, 3.05) is 5.73 Å². The third-order valence-corrected chi connectivity index (χ3v) is 2.63. The summed E-state index contributed by atoms with van der Waals surface area (Å²) in [6.07, 6.45) is 1.64. The summed E-state index contributed by atoms with van der Waals surface area (Å²) in [6.45, 7) is 1.70. The molecule has 0 aromatic carbocycles. The number of nitrogens with two attached hydrogens (primary N) is 1. The van der Waals surface area contributed by atoms with Crippen molar-refractivity contribution in [1.29, 1.82) is 0 Å². The number of hydrogen-bond donors (Lipinski definition) is 1. The van der Waals surface area contributed by atoms with Gasteiger partial charge in [0.25, 0.3) is 0 Å². The van der Waals surface area contributed by atoms with Gasteiger partial charge >= 0.3 is 5.63 Å². The predicted molar refractivity (Wildman–Crippen MR) is 64.7 cm³/mol. The van der Waals surface area contributed by atoms with Gasteiger partial charge in [0.15, 0.2) is 5.65 Å². The molecule has 0 amide bonds. The normalized spacial score (nSPS) is 11.1. The van der Waals surface area contributed by atoms with E-state index in [1.165, 1.54) is 0 Å². The number of nitrogen functional groups attached to an aromatic ring is 1. The van der Waals surface area contributed by atoms with Crippen molar-refractivity contribution in [1.82, 2.24) is 9.97 Å². The van der Waals surface area contributed by atoms with E-state index in [0.29, 0.717) is 33.4 Å². The fraction of sp³-hybridized carbons (Fsp3) is 0.0833. The highest BCUT2D eigenvalue weighted by atomic mass is 16.4. The molecular formula is C12H9N3O2. The Morgan fingerprint density at radius 3 is 3.06 bits per heavy atom. The van der Waals surface area contributed by atoms with Crippen molar-refractivity contribution >= 4 is 27.6 Å². The van der Waals surface area contributed by atoms with Crippen molar-refractivity contribution in [2.45, 2.75) is 6.92 Å². The minimum atomic E-state index is -0.462. The summed E-state index contributed by atoms with van der Waals surface area (Å²) in [5.41, 5.74) is 6.92. The summed E-state index contributed by atoms with van der Waals surface area (Å²) in [5.74, 6) is 0.504. The summed E-state index contributed by atoms with van der Waals surface area (Å²) in [4.78, 5) is 20.2. The molecule has 0 aliphatic rings. The zero-order valence-electron chi connectivity index (χ0n) is 9.10. The molecule has 84 valence electrons. The van der Waals surface area contributed by atoms with E-state index in [-0.39, 0.29) is 0 Å². The molecule has 3 rings (SSSR count). The molecule has 0 radical (unpaired) electrons. The van der Waals surface area contributed by atoms with Gasteiger partial charge in [-0.05, 0) is 19.1 Å². The van der Waals surface area contributed by atoms with E-state index in [1.807, 2.05) is 0 Å². The van der Waals surface area contributed by atoms with Crippen LogP contribution >= 0.6 is 0 Å². The maximum Gasteiger partial charge on any atom is 0.347 e. The van der Waals surface area contributed by atoms with Crippen LogP contribution in [0.3, 0.4) is 0 Å². The molecule has 3 aromatic rings. The molecule has 0 saturated carbocycles. The first-order valence-electron chi connectivity index (χ1n) is 5.11.